The summed E-state index contributed by atoms with van der Waals surface area (Å²) in [7, 11) is 1.70. The fourth-order valence-corrected chi connectivity index (χ4v) is 1.94. The molecule has 118 valence electrons. The molecule has 5 nitrogen and oxygen atoms in total. The molecule has 0 aromatic heterocycles. The molecule has 0 aliphatic carbocycles. The highest BCUT2D eigenvalue weighted by atomic mass is 16.5. The van der Waals surface area contributed by atoms with E-state index in [1.54, 1.807) is 7.11 Å². The number of ether oxygens (including phenoxy) is 2. The average Bonchev–Trinajstić information content (AvgIpc) is 2.47. The van der Waals surface area contributed by atoms with Crippen molar-refractivity contribution < 1.29 is 9.47 Å². The smallest absolute Gasteiger partial charge is 0.191 e. The quantitative estimate of drug-likeness (QED) is 0.570. The minimum absolute atomic E-state index is 0.204. The number of nitrogens with zero attached hydrogens (tertiary/aromatic N) is 1. The van der Waals surface area contributed by atoms with E-state index in [2.05, 4.69) is 22.5 Å². The number of guanidine groups is 1. The lowest BCUT2D eigenvalue weighted by Crippen LogP contribution is -2.43. The monoisotopic (exact) mass is 293 g/mol. The maximum atomic E-state index is 5.62. The highest BCUT2D eigenvalue weighted by Gasteiger charge is 2.06. The zero-order valence-corrected chi connectivity index (χ0v) is 13.5. The Morgan fingerprint density at radius 1 is 1.29 bits per heavy atom. The van der Waals surface area contributed by atoms with Crippen molar-refractivity contribution in [3.8, 4) is 5.75 Å². The second kappa shape index (κ2) is 10.0. The van der Waals surface area contributed by atoms with Crippen molar-refractivity contribution >= 4 is 5.96 Å². The molecule has 0 heterocycles. The number of nitrogens with one attached hydrogen (secondary N) is 2. The molecule has 0 radical (unpaired) electrons. The highest BCUT2D eigenvalue weighted by Crippen LogP contribution is 2.18. The van der Waals surface area contributed by atoms with Gasteiger partial charge < -0.3 is 20.1 Å². The SMILES string of the molecule is CCNC(=NCc1ccccc1OCC)NC(C)COC. The van der Waals surface area contributed by atoms with Crippen LogP contribution in [0.15, 0.2) is 29.3 Å². The molecule has 1 unspecified atom stereocenters. The van der Waals surface area contributed by atoms with Crippen LogP contribution < -0.4 is 15.4 Å². The van der Waals surface area contributed by atoms with E-state index in [1.165, 1.54) is 0 Å². The maximum absolute atomic E-state index is 5.62. The molecule has 1 aromatic rings. The molecule has 0 fully saturated rings. The molecule has 2 N–H and O–H groups in total. The molecule has 0 amide bonds. The van der Waals surface area contributed by atoms with Gasteiger partial charge in [-0.3, -0.25) is 0 Å². The van der Waals surface area contributed by atoms with Crippen molar-refractivity contribution in [2.75, 3.05) is 26.9 Å². The standard InChI is InChI=1S/C16H27N3O2/c1-5-17-16(19-13(3)12-20-4)18-11-14-9-7-8-10-15(14)21-6-2/h7-10,13H,5-6,11-12H2,1-4H3,(H2,17,18,19). The molecule has 0 aliphatic rings. The number of methoxy groups -OCH3 is 1. The molecule has 0 saturated carbocycles. The lowest BCUT2D eigenvalue weighted by molar-refractivity contribution is 0.179. The third kappa shape index (κ3) is 6.49. The van der Waals surface area contributed by atoms with E-state index in [9.17, 15) is 0 Å². The van der Waals surface area contributed by atoms with Gasteiger partial charge in [0.15, 0.2) is 5.96 Å². The summed E-state index contributed by atoms with van der Waals surface area (Å²) in [5, 5.41) is 6.55. The topological polar surface area (TPSA) is 54.9 Å². The lowest BCUT2D eigenvalue weighted by atomic mass is 10.2. The first-order chi connectivity index (χ1) is 10.2. The molecule has 1 atom stereocenters. The van der Waals surface area contributed by atoms with Crippen LogP contribution in [-0.2, 0) is 11.3 Å². The first-order valence-electron chi connectivity index (χ1n) is 7.45. The number of hydrogen-bond acceptors (Lipinski definition) is 3. The largest absolute Gasteiger partial charge is 0.494 e. The van der Waals surface area contributed by atoms with Gasteiger partial charge in [-0.25, -0.2) is 4.99 Å². The van der Waals surface area contributed by atoms with Crippen LogP contribution >= 0.6 is 0 Å². The Labute approximate surface area is 127 Å². The summed E-state index contributed by atoms with van der Waals surface area (Å²) in [5.74, 6) is 1.68. The molecule has 0 aliphatic heterocycles. The normalized spacial score (nSPS) is 12.9. The third-order valence-electron chi connectivity index (χ3n) is 2.82. The second-order valence-electron chi connectivity index (χ2n) is 4.74. The van der Waals surface area contributed by atoms with Crippen molar-refractivity contribution in [3.63, 3.8) is 0 Å². The van der Waals surface area contributed by atoms with Crippen molar-refractivity contribution in [2.24, 2.45) is 4.99 Å². The zero-order valence-electron chi connectivity index (χ0n) is 13.5. The Balaban J connectivity index is 2.73. The van der Waals surface area contributed by atoms with E-state index in [0.717, 1.165) is 23.8 Å². The van der Waals surface area contributed by atoms with Crippen LogP contribution in [0.3, 0.4) is 0 Å². The maximum Gasteiger partial charge on any atom is 0.191 e. The van der Waals surface area contributed by atoms with E-state index in [-0.39, 0.29) is 6.04 Å². The minimum Gasteiger partial charge on any atom is -0.494 e. The average molecular weight is 293 g/mol. The number of hydrogen-bond donors (Lipinski definition) is 2. The van der Waals surface area contributed by atoms with Crippen molar-refractivity contribution in [2.45, 2.75) is 33.4 Å². The van der Waals surface area contributed by atoms with Gasteiger partial charge in [-0.05, 0) is 26.8 Å². The zero-order chi connectivity index (χ0) is 15.5. The van der Waals surface area contributed by atoms with Crippen LogP contribution in [0.5, 0.6) is 5.75 Å². The second-order valence-corrected chi connectivity index (χ2v) is 4.74. The molecular formula is C16H27N3O2. The van der Waals surface area contributed by atoms with Gasteiger partial charge in [0.1, 0.15) is 5.75 Å². The summed E-state index contributed by atoms with van der Waals surface area (Å²) >= 11 is 0. The fraction of sp³-hybridized carbons (Fsp3) is 0.562. The summed E-state index contributed by atoms with van der Waals surface area (Å²) in [4.78, 5) is 4.61. The van der Waals surface area contributed by atoms with Crippen molar-refractivity contribution in [1.29, 1.82) is 0 Å². The fourth-order valence-electron chi connectivity index (χ4n) is 1.94. The van der Waals surface area contributed by atoms with E-state index in [4.69, 9.17) is 9.47 Å². The van der Waals surface area contributed by atoms with E-state index >= 15 is 0 Å². The van der Waals surface area contributed by atoms with Gasteiger partial charge in [0.05, 0.1) is 19.8 Å². The first-order valence-corrected chi connectivity index (χ1v) is 7.45. The Kier molecular flexibility index (Phi) is 8.28. The summed E-state index contributed by atoms with van der Waals surface area (Å²) in [6, 6.07) is 8.19. The number of rotatable bonds is 8. The van der Waals surface area contributed by atoms with Crippen LogP contribution in [0, 0.1) is 0 Å². The van der Waals surface area contributed by atoms with Crippen LogP contribution in [0.2, 0.25) is 0 Å². The van der Waals surface area contributed by atoms with Gasteiger partial charge in [-0.15, -0.1) is 0 Å². The van der Waals surface area contributed by atoms with Crippen LogP contribution in [0.4, 0.5) is 0 Å². The third-order valence-corrected chi connectivity index (χ3v) is 2.82. The molecule has 0 spiro atoms. The first kappa shape index (κ1) is 17.3. The summed E-state index contributed by atoms with van der Waals surface area (Å²) in [5.41, 5.74) is 1.08. The van der Waals surface area contributed by atoms with Crippen LogP contribution in [0.25, 0.3) is 0 Å². The molecule has 5 heteroatoms. The van der Waals surface area contributed by atoms with E-state index in [0.29, 0.717) is 19.8 Å². The van der Waals surface area contributed by atoms with Crippen molar-refractivity contribution in [1.82, 2.24) is 10.6 Å². The van der Waals surface area contributed by atoms with Gasteiger partial charge in [-0.2, -0.15) is 0 Å². The predicted octanol–water partition coefficient (Wildman–Crippen LogP) is 2.18. The number of aliphatic imine (C=N–C) groups is 1. The van der Waals surface area contributed by atoms with Gasteiger partial charge in [0.25, 0.3) is 0 Å². The van der Waals surface area contributed by atoms with Gasteiger partial charge in [0, 0.05) is 25.3 Å². The van der Waals surface area contributed by atoms with E-state index in [1.807, 2.05) is 38.1 Å². The van der Waals surface area contributed by atoms with Gasteiger partial charge in [0.2, 0.25) is 0 Å². The number of benzene rings is 1. The minimum atomic E-state index is 0.204. The summed E-state index contributed by atoms with van der Waals surface area (Å²) in [6.45, 7) is 8.78. The van der Waals surface area contributed by atoms with Crippen molar-refractivity contribution in [3.05, 3.63) is 29.8 Å². The van der Waals surface area contributed by atoms with Gasteiger partial charge in [-0.1, -0.05) is 18.2 Å². The van der Waals surface area contributed by atoms with E-state index < -0.39 is 0 Å². The van der Waals surface area contributed by atoms with Crippen LogP contribution in [0.1, 0.15) is 26.3 Å². The Morgan fingerprint density at radius 3 is 2.71 bits per heavy atom. The predicted molar refractivity (Wildman–Crippen MR) is 86.9 cm³/mol. The molecular weight excluding hydrogens is 266 g/mol. The molecule has 21 heavy (non-hydrogen) atoms. The molecule has 0 bridgehead atoms. The van der Waals surface area contributed by atoms with Crippen LogP contribution in [-0.4, -0.2) is 38.9 Å². The van der Waals surface area contributed by atoms with Gasteiger partial charge >= 0.3 is 0 Å². The lowest BCUT2D eigenvalue weighted by Gasteiger charge is -2.17. The number of para-hydroxylation sites is 1. The Bertz CT molecular complexity index is 435. The highest BCUT2D eigenvalue weighted by molar-refractivity contribution is 5.80. The molecule has 0 saturated heterocycles. The molecule has 1 rings (SSSR count). The summed E-state index contributed by atoms with van der Waals surface area (Å²) < 4.78 is 10.8. The molecule has 1 aromatic carbocycles. The Hall–Kier alpha value is -1.75. The Morgan fingerprint density at radius 2 is 2.05 bits per heavy atom. The summed E-state index contributed by atoms with van der Waals surface area (Å²) in [6.07, 6.45) is 0.